The Bertz CT molecular complexity index is 829. The first-order chi connectivity index (χ1) is 16.3. The van der Waals surface area contributed by atoms with E-state index in [2.05, 4.69) is 74.2 Å². The Balaban J connectivity index is 1.42. The highest BCUT2D eigenvalue weighted by Crippen LogP contribution is 2.32. The van der Waals surface area contributed by atoms with Crippen molar-refractivity contribution < 1.29 is 4.74 Å². The lowest BCUT2D eigenvalue weighted by atomic mass is 9.80. The fourth-order valence-electron chi connectivity index (χ4n) is 4.85. The third kappa shape index (κ3) is 9.29. The first-order valence-corrected chi connectivity index (χ1v) is 13.6. The molecule has 0 atom stereocenters. The summed E-state index contributed by atoms with van der Waals surface area (Å²) in [6.45, 7) is 5.34. The average Bonchev–Trinajstić information content (AvgIpc) is 2.87. The minimum Gasteiger partial charge on any atom is -0.494 e. The van der Waals surface area contributed by atoms with Crippen molar-refractivity contribution in [2.45, 2.75) is 97.3 Å². The van der Waals surface area contributed by atoms with Gasteiger partial charge in [0.05, 0.1) is 6.61 Å². The van der Waals surface area contributed by atoms with Gasteiger partial charge in [0, 0.05) is 11.5 Å². The predicted octanol–water partition coefficient (Wildman–Crippen LogP) is 9.44. The van der Waals surface area contributed by atoms with E-state index in [1.165, 1.54) is 88.2 Å². The van der Waals surface area contributed by atoms with Crippen LogP contribution >= 0.6 is 0 Å². The third-order valence-corrected chi connectivity index (χ3v) is 7.07. The highest BCUT2D eigenvalue weighted by Gasteiger charge is 2.19. The van der Waals surface area contributed by atoms with Gasteiger partial charge in [-0.05, 0) is 73.4 Å². The minimum absolute atomic E-state index is 0.589. The zero-order valence-corrected chi connectivity index (χ0v) is 21.1. The molecule has 1 heteroatoms. The Kier molecular flexibility index (Phi) is 11.4. The second-order valence-corrected chi connectivity index (χ2v) is 9.85. The van der Waals surface area contributed by atoms with Gasteiger partial charge in [-0.2, -0.15) is 0 Å². The molecule has 2 aromatic rings. The lowest BCUT2D eigenvalue weighted by molar-refractivity contribution is 0.294. The van der Waals surface area contributed by atoms with Crippen LogP contribution in [-0.4, -0.2) is 6.61 Å². The van der Waals surface area contributed by atoms with Gasteiger partial charge in [0.2, 0.25) is 0 Å². The first kappa shape index (κ1) is 25.4. The molecule has 33 heavy (non-hydrogen) atoms. The van der Waals surface area contributed by atoms with Gasteiger partial charge in [-0.1, -0.05) is 101 Å². The van der Waals surface area contributed by atoms with Crippen molar-refractivity contribution in [3.05, 3.63) is 54.1 Å². The van der Waals surface area contributed by atoms with Gasteiger partial charge in [-0.15, -0.1) is 0 Å². The van der Waals surface area contributed by atoms with E-state index in [1.807, 2.05) is 0 Å². The van der Waals surface area contributed by atoms with Gasteiger partial charge in [0.15, 0.2) is 0 Å². The van der Waals surface area contributed by atoms with E-state index in [0.717, 1.165) is 30.3 Å². The zero-order chi connectivity index (χ0) is 23.1. The van der Waals surface area contributed by atoms with E-state index in [1.54, 1.807) is 0 Å². The lowest BCUT2D eigenvalue weighted by Crippen LogP contribution is -2.13. The molecule has 0 amide bonds. The number of benzene rings is 2. The fraction of sp³-hybridized carbons (Fsp3) is 0.562. The summed E-state index contributed by atoms with van der Waals surface area (Å²) in [5.74, 6) is 9.52. The van der Waals surface area contributed by atoms with Crippen LogP contribution in [0.2, 0.25) is 0 Å². The average molecular weight is 445 g/mol. The lowest BCUT2D eigenvalue weighted by Gasteiger charge is -2.25. The molecular formula is C32H44O. The SMILES string of the molecule is CCCCCCOc1ccc(-c2ccc(C#C[C@H]3CC[C@H](CCCCCC)CC3)cc2)cc1. The van der Waals surface area contributed by atoms with Crippen LogP contribution in [0.1, 0.15) is 103 Å². The summed E-state index contributed by atoms with van der Waals surface area (Å²) in [4.78, 5) is 0. The summed E-state index contributed by atoms with van der Waals surface area (Å²) in [7, 11) is 0. The van der Waals surface area contributed by atoms with E-state index in [4.69, 9.17) is 4.74 Å². The molecule has 1 saturated carbocycles. The quantitative estimate of drug-likeness (QED) is 0.234. The second kappa shape index (κ2) is 14.8. The summed E-state index contributed by atoms with van der Waals surface area (Å²) in [6.07, 6.45) is 17.3. The maximum Gasteiger partial charge on any atom is 0.119 e. The minimum atomic E-state index is 0.589. The Morgan fingerprint density at radius 1 is 0.697 bits per heavy atom. The standard InChI is InChI=1S/C32H44O/c1-3-5-7-9-11-27-12-14-28(15-13-27)16-17-29-18-20-30(21-19-29)31-22-24-32(25-23-31)33-26-10-8-6-4-2/h18-25,27-28H,3-15,26H2,1-2H3/t27-,28-. The number of unbranched alkanes of at least 4 members (excludes halogenated alkanes) is 6. The van der Waals surface area contributed by atoms with E-state index in [0.29, 0.717) is 5.92 Å². The monoisotopic (exact) mass is 444 g/mol. The molecule has 178 valence electrons. The summed E-state index contributed by atoms with van der Waals surface area (Å²) in [5, 5.41) is 0. The summed E-state index contributed by atoms with van der Waals surface area (Å²) in [6, 6.07) is 17.2. The summed E-state index contributed by atoms with van der Waals surface area (Å²) in [5.41, 5.74) is 3.59. The highest BCUT2D eigenvalue weighted by atomic mass is 16.5. The van der Waals surface area contributed by atoms with Crippen LogP contribution in [-0.2, 0) is 0 Å². The Morgan fingerprint density at radius 2 is 1.30 bits per heavy atom. The molecule has 1 nitrogen and oxygen atoms in total. The van der Waals surface area contributed by atoms with Crippen molar-refractivity contribution in [1.82, 2.24) is 0 Å². The normalized spacial score (nSPS) is 17.9. The second-order valence-electron chi connectivity index (χ2n) is 9.85. The Labute approximate surface area is 203 Å². The Morgan fingerprint density at radius 3 is 1.94 bits per heavy atom. The molecule has 0 aromatic heterocycles. The summed E-state index contributed by atoms with van der Waals surface area (Å²) < 4.78 is 5.87. The zero-order valence-electron chi connectivity index (χ0n) is 21.1. The van der Waals surface area contributed by atoms with Crippen molar-refractivity contribution in [2.75, 3.05) is 6.61 Å². The predicted molar refractivity (Wildman–Crippen MR) is 143 cm³/mol. The topological polar surface area (TPSA) is 9.23 Å². The number of rotatable bonds is 12. The molecule has 1 aliphatic carbocycles. The van der Waals surface area contributed by atoms with E-state index in [-0.39, 0.29) is 0 Å². The van der Waals surface area contributed by atoms with Crippen LogP contribution in [0.15, 0.2) is 48.5 Å². The van der Waals surface area contributed by atoms with Crippen LogP contribution in [0.5, 0.6) is 5.75 Å². The molecule has 1 fully saturated rings. The smallest absolute Gasteiger partial charge is 0.119 e. The summed E-state index contributed by atoms with van der Waals surface area (Å²) >= 11 is 0. The third-order valence-electron chi connectivity index (χ3n) is 7.07. The Hall–Kier alpha value is -2.20. The molecule has 3 rings (SSSR count). The largest absolute Gasteiger partial charge is 0.494 e. The van der Waals surface area contributed by atoms with Gasteiger partial charge in [-0.3, -0.25) is 0 Å². The van der Waals surface area contributed by atoms with Crippen molar-refractivity contribution in [1.29, 1.82) is 0 Å². The van der Waals surface area contributed by atoms with Crippen molar-refractivity contribution in [3.63, 3.8) is 0 Å². The van der Waals surface area contributed by atoms with Crippen molar-refractivity contribution in [3.8, 4) is 28.7 Å². The molecule has 2 aromatic carbocycles. The van der Waals surface area contributed by atoms with Crippen molar-refractivity contribution in [2.24, 2.45) is 11.8 Å². The van der Waals surface area contributed by atoms with Gasteiger partial charge < -0.3 is 4.74 Å². The van der Waals surface area contributed by atoms with Gasteiger partial charge >= 0.3 is 0 Å². The van der Waals surface area contributed by atoms with Crippen LogP contribution in [0.25, 0.3) is 11.1 Å². The molecule has 0 spiro atoms. The van der Waals surface area contributed by atoms with E-state index >= 15 is 0 Å². The van der Waals surface area contributed by atoms with Gasteiger partial charge in [0.1, 0.15) is 5.75 Å². The maximum atomic E-state index is 5.87. The molecule has 0 aliphatic heterocycles. The van der Waals surface area contributed by atoms with Crippen LogP contribution in [0, 0.1) is 23.7 Å². The molecular weight excluding hydrogens is 400 g/mol. The first-order valence-electron chi connectivity index (χ1n) is 13.6. The molecule has 0 saturated heterocycles. The van der Waals surface area contributed by atoms with E-state index in [9.17, 15) is 0 Å². The van der Waals surface area contributed by atoms with Crippen LogP contribution in [0.3, 0.4) is 0 Å². The van der Waals surface area contributed by atoms with Crippen LogP contribution in [0.4, 0.5) is 0 Å². The van der Waals surface area contributed by atoms with Crippen LogP contribution < -0.4 is 4.74 Å². The van der Waals surface area contributed by atoms with E-state index < -0.39 is 0 Å². The van der Waals surface area contributed by atoms with Gasteiger partial charge in [0.25, 0.3) is 0 Å². The molecule has 0 unspecified atom stereocenters. The number of hydrogen-bond donors (Lipinski definition) is 0. The van der Waals surface area contributed by atoms with Crippen molar-refractivity contribution >= 4 is 0 Å². The molecule has 0 N–H and O–H groups in total. The molecule has 0 radical (unpaired) electrons. The highest BCUT2D eigenvalue weighted by molar-refractivity contribution is 5.65. The number of ether oxygens (including phenoxy) is 1. The fourth-order valence-corrected chi connectivity index (χ4v) is 4.85. The molecule has 0 bridgehead atoms. The van der Waals surface area contributed by atoms with Gasteiger partial charge in [-0.25, -0.2) is 0 Å². The maximum absolute atomic E-state index is 5.87. The number of hydrogen-bond acceptors (Lipinski definition) is 1. The molecule has 0 heterocycles. The molecule has 1 aliphatic rings.